The van der Waals surface area contributed by atoms with Crippen molar-refractivity contribution in [2.75, 3.05) is 0 Å². The molecule has 0 bridgehead atoms. The maximum absolute atomic E-state index is 2.34. The average molecular weight is 531 g/mol. The molecule has 0 fully saturated rings. The average Bonchev–Trinajstić information content (AvgIpc) is 3.07. The highest BCUT2D eigenvalue weighted by molar-refractivity contribution is 6.30. The number of benzene rings is 9. The first-order valence-electron chi connectivity index (χ1n) is 14.6. The monoisotopic (exact) mass is 530 g/mol. The van der Waals surface area contributed by atoms with E-state index in [1.807, 2.05) is 0 Å². The summed E-state index contributed by atoms with van der Waals surface area (Å²) >= 11 is 0. The van der Waals surface area contributed by atoms with Crippen molar-refractivity contribution in [1.82, 2.24) is 0 Å². The Labute approximate surface area is 244 Å². The first kappa shape index (κ1) is 23.3. The predicted molar refractivity (Wildman–Crippen MR) is 181 cm³/mol. The van der Waals surface area contributed by atoms with Crippen LogP contribution in [-0.2, 0) is 0 Å². The van der Waals surface area contributed by atoms with Crippen LogP contribution < -0.4 is 0 Å². The van der Waals surface area contributed by atoms with E-state index < -0.39 is 0 Å². The van der Waals surface area contributed by atoms with Crippen LogP contribution in [0.5, 0.6) is 0 Å². The van der Waals surface area contributed by atoms with Gasteiger partial charge in [-0.15, -0.1) is 0 Å². The largest absolute Gasteiger partial charge is 0.0622 e. The summed E-state index contributed by atoms with van der Waals surface area (Å²) in [7, 11) is 0. The molecule has 0 saturated heterocycles. The smallest absolute Gasteiger partial charge is 0.00201 e. The van der Waals surface area contributed by atoms with Crippen LogP contribution in [0.1, 0.15) is 0 Å². The second-order valence-corrected chi connectivity index (χ2v) is 11.2. The highest BCUT2D eigenvalue weighted by Gasteiger charge is 2.20. The maximum atomic E-state index is 2.34. The topological polar surface area (TPSA) is 0 Å². The second-order valence-electron chi connectivity index (χ2n) is 11.2. The third kappa shape index (κ3) is 3.30. The Bertz CT molecular complexity index is 2380. The molecule has 9 aromatic carbocycles. The molecule has 0 heteroatoms. The van der Waals surface area contributed by atoms with Gasteiger partial charge in [0.25, 0.3) is 0 Å². The molecule has 42 heavy (non-hydrogen) atoms. The quantitative estimate of drug-likeness (QED) is 0.157. The SMILES string of the molecule is c1ccc(-c2c3ccccc3c(-c3ccc4ccc5c(-c6ccccc6)ccc6ccc3c4c65)c3ccccc23)cc1. The highest BCUT2D eigenvalue weighted by atomic mass is 14.2. The molecule has 0 atom stereocenters. The van der Waals surface area contributed by atoms with Crippen molar-refractivity contribution in [2.24, 2.45) is 0 Å². The molecule has 0 heterocycles. The van der Waals surface area contributed by atoms with Crippen LogP contribution >= 0.6 is 0 Å². The summed E-state index contributed by atoms with van der Waals surface area (Å²) < 4.78 is 0. The molecule has 9 rings (SSSR count). The summed E-state index contributed by atoms with van der Waals surface area (Å²) in [6.07, 6.45) is 0. The molecule has 0 unspecified atom stereocenters. The minimum atomic E-state index is 1.25. The fourth-order valence-corrected chi connectivity index (χ4v) is 7.22. The van der Waals surface area contributed by atoms with Crippen molar-refractivity contribution < 1.29 is 0 Å². The van der Waals surface area contributed by atoms with Gasteiger partial charge in [0.15, 0.2) is 0 Å². The highest BCUT2D eigenvalue weighted by Crippen LogP contribution is 2.47. The number of rotatable bonds is 3. The van der Waals surface area contributed by atoms with Gasteiger partial charge in [-0.05, 0) is 87.2 Å². The van der Waals surface area contributed by atoms with Crippen LogP contribution in [0, 0.1) is 0 Å². The fraction of sp³-hybridized carbons (Fsp3) is 0. The summed E-state index contributed by atoms with van der Waals surface area (Å²) in [5.41, 5.74) is 7.68. The van der Waals surface area contributed by atoms with Crippen LogP contribution in [-0.4, -0.2) is 0 Å². The Balaban J connectivity index is 1.43. The summed E-state index contributed by atoms with van der Waals surface area (Å²) in [5, 5.41) is 13.0. The van der Waals surface area contributed by atoms with E-state index in [9.17, 15) is 0 Å². The number of fused-ring (bicyclic) bond motifs is 2. The van der Waals surface area contributed by atoms with Gasteiger partial charge < -0.3 is 0 Å². The van der Waals surface area contributed by atoms with E-state index in [0.29, 0.717) is 0 Å². The van der Waals surface area contributed by atoms with Gasteiger partial charge in [-0.25, -0.2) is 0 Å². The molecule has 0 N–H and O–H groups in total. The van der Waals surface area contributed by atoms with E-state index in [4.69, 9.17) is 0 Å². The molecular formula is C42H26. The maximum Gasteiger partial charge on any atom is -0.00201 e. The Hall–Kier alpha value is -5.46. The lowest BCUT2D eigenvalue weighted by atomic mass is 9.83. The zero-order valence-corrected chi connectivity index (χ0v) is 23.0. The van der Waals surface area contributed by atoms with Crippen LogP contribution in [0.15, 0.2) is 158 Å². The molecule has 0 amide bonds. The standard InChI is InChI=1S/C42H26/c1-3-11-27(12-4-1)31-23-19-29-21-25-37-38(26-22-30-20-24-36(31)40(29)41(30)37)42-34-17-9-7-15-32(34)39(28-13-5-2-6-14-28)33-16-8-10-18-35(33)42/h1-26H. The molecule has 0 spiro atoms. The Kier molecular flexibility index (Phi) is 5.00. The third-order valence-corrected chi connectivity index (χ3v) is 9.01. The Morgan fingerprint density at radius 1 is 0.238 bits per heavy atom. The van der Waals surface area contributed by atoms with E-state index in [2.05, 4.69) is 158 Å². The van der Waals surface area contributed by atoms with Crippen LogP contribution in [0.3, 0.4) is 0 Å². The minimum absolute atomic E-state index is 1.25. The third-order valence-electron chi connectivity index (χ3n) is 9.01. The lowest BCUT2D eigenvalue weighted by molar-refractivity contribution is 1.66. The van der Waals surface area contributed by atoms with E-state index in [1.165, 1.54) is 87.2 Å². The predicted octanol–water partition coefficient (Wildman–Crippen LogP) is 11.9. The lowest BCUT2D eigenvalue weighted by Gasteiger charge is -2.20. The normalized spacial score (nSPS) is 11.8. The van der Waals surface area contributed by atoms with E-state index in [0.717, 1.165) is 0 Å². The van der Waals surface area contributed by atoms with Gasteiger partial charge in [-0.2, -0.15) is 0 Å². The van der Waals surface area contributed by atoms with Crippen molar-refractivity contribution in [3.05, 3.63) is 158 Å². The Morgan fingerprint density at radius 3 is 1.19 bits per heavy atom. The lowest BCUT2D eigenvalue weighted by Crippen LogP contribution is -1.93. The second kappa shape index (κ2) is 9.03. The van der Waals surface area contributed by atoms with Gasteiger partial charge in [0.05, 0.1) is 0 Å². The first-order valence-corrected chi connectivity index (χ1v) is 14.6. The van der Waals surface area contributed by atoms with Crippen molar-refractivity contribution >= 4 is 53.9 Å². The molecule has 0 aromatic heterocycles. The Morgan fingerprint density at radius 2 is 0.643 bits per heavy atom. The summed E-state index contributed by atoms with van der Waals surface area (Å²) in [4.78, 5) is 0. The van der Waals surface area contributed by atoms with Gasteiger partial charge in [0.1, 0.15) is 0 Å². The summed E-state index contributed by atoms with van der Waals surface area (Å²) in [6.45, 7) is 0. The summed E-state index contributed by atoms with van der Waals surface area (Å²) in [6, 6.07) is 58.0. The van der Waals surface area contributed by atoms with E-state index in [1.54, 1.807) is 0 Å². The summed E-state index contributed by atoms with van der Waals surface area (Å²) in [5.74, 6) is 0. The van der Waals surface area contributed by atoms with Crippen LogP contribution in [0.4, 0.5) is 0 Å². The minimum Gasteiger partial charge on any atom is -0.0622 e. The number of hydrogen-bond acceptors (Lipinski definition) is 0. The van der Waals surface area contributed by atoms with Crippen LogP contribution in [0.25, 0.3) is 87.2 Å². The fourth-order valence-electron chi connectivity index (χ4n) is 7.22. The van der Waals surface area contributed by atoms with Crippen molar-refractivity contribution in [3.8, 4) is 33.4 Å². The van der Waals surface area contributed by atoms with Crippen LogP contribution in [0.2, 0.25) is 0 Å². The molecule has 0 aliphatic carbocycles. The molecular weight excluding hydrogens is 504 g/mol. The molecule has 9 aromatic rings. The molecule has 0 radical (unpaired) electrons. The van der Waals surface area contributed by atoms with E-state index >= 15 is 0 Å². The van der Waals surface area contributed by atoms with Gasteiger partial charge >= 0.3 is 0 Å². The molecule has 0 aliphatic rings. The first-order chi connectivity index (χ1) is 20.9. The van der Waals surface area contributed by atoms with Gasteiger partial charge in [-0.1, -0.05) is 158 Å². The van der Waals surface area contributed by atoms with Crippen molar-refractivity contribution in [3.63, 3.8) is 0 Å². The van der Waals surface area contributed by atoms with Gasteiger partial charge in [0.2, 0.25) is 0 Å². The zero-order chi connectivity index (χ0) is 27.6. The zero-order valence-electron chi connectivity index (χ0n) is 23.0. The van der Waals surface area contributed by atoms with E-state index in [-0.39, 0.29) is 0 Å². The molecule has 0 nitrogen and oxygen atoms in total. The molecule has 0 aliphatic heterocycles. The molecule has 0 saturated carbocycles. The van der Waals surface area contributed by atoms with Gasteiger partial charge in [-0.3, -0.25) is 0 Å². The van der Waals surface area contributed by atoms with Crippen molar-refractivity contribution in [1.29, 1.82) is 0 Å². The molecule has 194 valence electrons. The number of hydrogen-bond donors (Lipinski definition) is 0. The van der Waals surface area contributed by atoms with Crippen molar-refractivity contribution in [2.45, 2.75) is 0 Å². The van der Waals surface area contributed by atoms with Gasteiger partial charge in [0, 0.05) is 0 Å².